The molecule has 0 saturated carbocycles. The molecule has 0 radical (unpaired) electrons. The Balaban J connectivity index is -0.000000375. The number of carboxylic acid groups (broad SMARTS) is 1. The van der Waals surface area contributed by atoms with E-state index in [4.69, 9.17) is 16.6 Å². The predicted octanol–water partition coefficient (Wildman–Crippen LogP) is 1.89. The first kappa shape index (κ1) is 26.7. The Kier molecular flexibility index (Phi) is 17.1. The Morgan fingerprint density at radius 1 is 1.37 bits per heavy atom. The van der Waals surface area contributed by atoms with Crippen molar-refractivity contribution in [2.45, 2.75) is 39.2 Å². The lowest BCUT2D eigenvalue weighted by Crippen LogP contribution is -2.44. The van der Waals surface area contributed by atoms with Gasteiger partial charge in [0.2, 0.25) is 0 Å². The second kappa shape index (κ2) is 12.2. The van der Waals surface area contributed by atoms with Gasteiger partial charge in [-0.05, 0) is 33.6 Å². The van der Waals surface area contributed by atoms with Crippen LogP contribution >= 0.6 is 24.8 Å². The Morgan fingerprint density at radius 2 is 1.84 bits per heavy atom. The van der Waals surface area contributed by atoms with Gasteiger partial charge in [-0.2, -0.15) is 0 Å². The van der Waals surface area contributed by atoms with Crippen molar-refractivity contribution < 1.29 is 14.6 Å². The lowest BCUT2D eigenvalue weighted by Gasteiger charge is -2.19. The van der Waals surface area contributed by atoms with Gasteiger partial charge in [-0.25, -0.2) is 0 Å². The number of nitrogens with two attached hydrogens (primary N) is 2. The van der Waals surface area contributed by atoms with Crippen LogP contribution in [0.1, 0.15) is 33.6 Å². The Hall–Kier alpha value is -0.850. The Labute approximate surface area is 125 Å². The fraction of sp³-hybridized carbons (Fsp3) is 0.636. The smallest absolute Gasteiger partial charge is 0.323 e. The van der Waals surface area contributed by atoms with Crippen LogP contribution in [0, 0.1) is 0 Å². The molecule has 1 atom stereocenters. The monoisotopic (exact) mass is 319 g/mol. The van der Waals surface area contributed by atoms with Crippen molar-refractivity contribution in [2.75, 3.05) is 6.54 Å². The number of carbonyl (C=O) groups is 1. The third-order valence-corrected chi connectivity index (χ3v) is 2.12. The van der Waals surface area contributed by atoms with E-state index in [0.29, 0.717) is 18.8 Å². The maximum Gasteiger partial charge on any atom is 0.323 e. The van der Waals surface area contributed by atoms with E-state index in [9.17, 15) is 4.79 Å². The van der Waals surface area contributed by atoms with Crippen molar-refractivity contribution in [1.29, 1.82) is 0 Å². The van der Waals surface area contributed by atoms with Gasteiger partial charge in [0.1, 0.15) is 5.54 Å². The minimum Gasteiger partial charge on any atom is -0.480 e. The number of hydrogen-bond donors (Lipinski definition) is 3. The van der Waals surface area contributed by atoms with Gasteiger partial charge in [0.15, 0.2) is 0 Å². The van der Waals surface area contributed by atoms with Crippen molar-refractivity contribution in [3.63, 3.8) is 0 Å². The third-order valence-electron chi connectivity index (χ3n) is 2.12. The van der Waals surface area contributed by atoms with Crippen LogP contribution in [-0.2, 0) is 4.79 Å². The average molecular weight is 320 g/mol. The van der Waals surface area contributed by atoms with Crippen molar-refractivity contribution in [3.05, 3.63) is 11.6 Å². The largest absolute Gasteiger partial charge is 0.480 e. The molecule has 8 heteroatoms. The summed E-state index contributed by atoms with van der Waals surface area (Å²) in [7, 11) is 0. The summed E-state index contributed by atoms with van der Waals surface area (Å²) in [5, 5.41) is 8.84. The molecule has 0 unspecified atom stereocenters. The molecule has 19 heavy (non-hydrogen) atoms. The van der Waals surface area contributed by atoms with Crippen LogP contribution in [0.2, 0.25) is 0 Å². The summed E-state index contributed by atoms with van der Waals surface area (Å²) in [6, 6.07) is 0. The second-order valence-electron chi connectivity index (χ2n) is 4.26. The number of aliphatic imine (C=N–C) groups is 1. The molecule has 0 aliphatic rings. The summed E-state index contributed by atoms with van der Waals surface area (Å²) >= 11 is 0. The van der Waals surface area contributed by atoms with Crippen LogP contribution in [0.3, 0.4) is 0 Å². The van der Waals surface area contributed by atoms with Gasteiger partial charge in [-0.3, -0.25) is 14.5 Å². The molecule has 0 rings (SSSR count). The van der Waals surface area contributed by atoms with E-state index in [0.717, 1.165) is 12.0 Å². The Bertz CT molecular complexity index is 317. The van der Waals surface area contributed by atoms with E-state index in [1.54, 1.807) is 6.92 Å². The van der Waals surface area contributed by atoms with Crippen molar-refractivity contribution >= 4 is 36.6 Å². The minimum absolute atomic E-state index is 0. The summed E-state index contributed by atoms with van der Waals surface area (Å²) in [6.07, 6.45) is 3.03. The quantitative estimate of drug-likeness (QED) is 0.301. The van der Waals surface area contributed by atoms with E-state index in [2.05, 4.69) is 4.99 Å². The highest BCUT2D eigenvalue weighted by atomic mass is 35.5. The summed E-state index contributed by atoms with van der Waals surface area (Å²) in [5.74, 6) is -0.434. The van der Waals surface area contributed by atoms with Crippen molar-refractivity contribution in [2.24, 2.45) is 16.5 Å². The van der Waals surface area contributed by atoms with Gasteiger partial charge in [-0.15, -0.1) is 24.8 Å². The maximum atomic E-state index is 10.8. The molecule has 5 N–H and O–H groups in total. The molecule has 0 aliphatic carbocycles. The first-order valence-corrected chi connectivity index (χ1v) is 5.20. The van der Waals surface area contributed by atoms with Crippen LogP contribution in [0.25, 0.3) is 0 Å². The molecule has 0 aromatic rings. The van der Waals surface area contributed by atoms with Crippen LogP contribution in [0.15, 0.2) is 16.6 Å². The zero-order chi connectivity index (χ0) is 12.8. The Morgan fingerprint density at radius 3 is 2.21 bits per heavy atom. The molecular formula is C11H24Cl2FN3O2. The zero-order valence-electron chi connectivity index (χ0n) is 11.4. The van der Waals surface area contributed by atoms with Crippen molar-refractivity contribution in [3.8, 4) is 0 Å². The highest BCUT2D eigenvalue weighted by Crippen LogP contribution is 2.14. The fourth-order valence-corrected chi connectivity index (χ4v) is 1.28. The molecule has 0 saturated heterocycles. The minimum atomic E-state index is -1.20. The van der Waals surface area contributed by atoms with E-state index in [-0.39, 0.29) is 29.5 Å². The SMILES string of the molecule is CC(N)=NCC/C=C(/C)C[C@](C)(N)C(=O)O.Cl.Cl.F. The molecule has 5 nitrogen and oxygen atoms in total. The van der Waals surface area contributed by atoms with Crippen LogP contribution in [-0.4, -0.2) is 29.0 Å². The number of carboxylic acids is 1. The average Bonchev–Trinajstić information content (AvgIpc) is 2.11. The molecule has 0 aromatic carbocycles. The molecule has 0 spiro atoms. The predicted molar refractivity (Wildman–Crippen MR) is 82.4 cm³/mol. The fourth-order valence-electron chi connectivity index (χ4n) is 1.28. The first-order chi connectivity index (χ1) is 7.25. The molecular weight excluding hydrogens is 296 g/mol. The summed E-state index contributed by atoms with van der Waals surface area (Å²) in [5.41, 5.74) is 10.8. The lowest BCUT2D eigenvalue weighted by atomic mass is 9.94. The summed E-state index contributed by atoms with van der Waals surface area (Å²) in [6.45, 7) is 5.73. The van der Waals surface area contributed by atoms with Crippen LogP contribution in [0.4, 0.5) is 4.70 Å². The van der Waals surface area contributed by atoms with Gasteiger partial charge < -0.3 is 16.6 Å². The van der Waals surface area contributed by atoms with E-state index in [1.165, 1.54) is 6.92 Å². The normalized spacial score (nSPS) is 14.3. The highest BCUT2D eigenvalue weighted by molar-refractivity contribution is 5.85. The highest BCUT2D eigenvalue weighted by Gasteiger charge is 2.27. The number of halogens is 3. The number of rotatable bonds is 6. The molecule has 0 heterocycles. The standard InChI is InChI=1S/C11H21N3O2.2ClH.FH/c1-8(5-4-6-14-9(2)12)7-11(3,13)10(15)16;;;/h5H,4,6-7,13H2,1-3H3,(H2,12,14)(H,15,16);3*1H/b8-5-;;;/t11-;;;/m0.../s1. The maximum absolute atomic E-state index is 10.8. The molecule has 0 aliphatic heterocycles. The summed E-state index contributed by atoms with van der Waals surface area (Å²) in [4.78, 5) is 14.8. The van der Waals surface area contributed by atoms with Crippen molar-refractivity contribution in [1.82, 2.24) is 0 Å². The van der Waals surface area contributed by atoms with E-state index < -0.39 is 11.5 Å². The van der Waals surface area contributed by atoms with E-state index in [1.807, 2.05) is 13.0 Å². The van der Waals surface area contributed by atoms with Gasteiger partial charge in [0.05, 0.1) is 5.84 Å². The van der Waals surface area contributed by atoms with Crippen LogP contribution in [0.5, 0.6) is 0 Å². The number of aliphatic carboxylic acids is 1. The number of amidine groups is 1. The van der Waals surface area contributed by atoms with Gasteiger partial charge in [-0.1, -0.05) is 11.6 Å². The molecule has 0 amide bonds. The lowest BCUT2D eigenvalue weighted by molar-refractivity contribution is -0.142. The van der Waals surface area contributed by atoms with Gasteiger partial charge in [0, 0.05) is 6.54 Å². The van der Waals surface area contributed by atoms with E-state index >= 15 is 0 Å². The van der Waals surface area contributed by atoms with Crippen LogP contribution < -0.4 is 11.5 Å². The zero-order valence-corrected chi connectivity index (χ0v) is 13.0. The molecule has 0 bridgehead atoms. The number of hydrogen-bond acceptors (Lipinski definition) is 3. The van der Waals surface area contributed by atoms with Gasteiger partial charge in [0.25, 0.3) is 0 Å². The first-order valence-electron chi connectivity index (χ1n) is 5.20. The topological polar surface area (TPSA) is 102 Å². The number of nitrogens with zero attached hydrogens (tertiary/aromatic N) is 1. The second-order valence-corrected chi connectivity index (χ2v) is 4.26. The molecule has 0 fully saturated rings. The molecule has 116 valence electrons. The van der Waals surface area contributed by atoms with Gasteiger partial charge >= 0.3 is 5.97 Å². The summed E-state index contributed by atoms with van der Waals surface area (Å²) < 4.78 is 0. The molecule has 0 aromatic heterocycles. The third kappa shape index (κ3) is 13.4.